The molecule has 0 aromatic heterocycles. The summed E-state index contributed by atoms with van der Waals surface area (Å²) in [5, 5.41) is 9.35. The first kappa shape index (κ1) is 28.5. The normalized spacial score (nSPS) is 11.2. The molecule has 0 bridgehead atoms. The molecule has 0 aliphatic carbocycles. The number of halogens is 2. The van der Waals surface area contributed by atoms with Crippen LogP contribution in [-0.2, 0) is 13.2 Å². The van der Waals surface area contributed by atoms with Gasteiger partial charge in [0.1, 0.15) is 36.3 Å². The lowest BCUT2D eigenvalue weighted by molar-refractivity contribution is 0.101. The SMILES string of the molecule is CC(=O)c1ccc(OCc2ccc(C)cc2)cc1F.Cc1ccc(COc2ccc(C(C)O)c(F)c2)cc1. The predicted molar refractivity (Wildman–Crippen MR) is 144 cm³/mol. The molecule has 0 spiro atoms. The third kappa shape index (κ3) is 8.53. The van der Waals surface area contributed by atoms with E-state index in [1.807, 2.05) is 62.4 Å². The topological polar surface area (TPSA) is 55.8 Å². The van der Waals surface area contributed by atoms with Gasteiger partial charge in [-0.1, -0.05) is 59.7 Å². The van der Waals surface area contributed by atoms with Crippen molar-refractivity contribution in [3.63, 3.8) is 0 Å². The maximum absolute atomic E-state index is 13.6. The van der Waals surface area contributed by atoms with Gasteiger partial charge in [0, 0.05) is 17.7 Å². The maximum Gasteiger partial charge on any atom is 0.162 e. The number of rotatable bonds is 8. The van der Waals surface area contributed by atoms with Crippen LogP contribution in [0.3, 0.4) is 0 Å². The minimum atomic E-state index is -0.814. The second-order valence-electron chi connectivity index (χ2n) is 9.11. The number of carbonyl (C=O) groups is 1. The average Bonchev–Trinajstić information content (AvgIpc) is 2.88. The van der Waals surface area contributed by atoms with Crippen LogP contribution >= 0.6 is 0 Å². The van der Waals surface area contributed by atoms with Crippen LogP contribution in [0.15, 0.2) is 84.9 Å². The molecular formula is C32H32F2O4. The van der Waals surface area contributed by atoms with E-state index >= 15 is 0 Å². The summed E-state index contributed by atoms with van der Waals surface area (Å²) < 4.78 is 38.2. The predicted octanol–water partition coefficient (Wildman–Crippen LogP) is 7.68. The quantitative estimate of drug-likeness (QED) is 0.243. The molecule has 6 heteroatoms. The first-order chi connectivity index (χ1) is 18.1. The smallest absolute Gasteiger partial charge is 0.162 e. The Balaban J connectivity index is 0.000000211. The highest BCUT2D eigenvalue weighted by atomic mass is 19.1. The van der Waals surface area contributed by atoms with E-state index in [1.165, 1.54) is 43.2 Å². The molecule has 0 saturated carbocycles. The molecule has 4 rings (SSSR count). The zero-order valence-electron chi connectivity index (χ0n) is 22.0. The van der Waals surface area contributed by atoms with Gasteiger partial charge in [-0.15, -0.1) is 0 Å². The van der Waals surface area contributed by atoms with E-state index in [9.17, 15) is 18.7 Å². The van der Waals surface area contributed by atoms with Crippen LogP contribution in [0.25, 0.3) is 0 Å². The lowest BCUT2D eigenvalue weighted by Gasteiger charge is -2.10. The van der Waals surface area contributed by atoms with E-state index in [1.54, 1.807) is 18.2 Å². The van der Waals surface area contributed by atoms with Gasteiger partial charge in [-0.3, -0.25) is 4.79 Å². The minimum absolute atomic E-state index is 0.0858. The number of hydrogen-bond acceptors (Lipinski definition) is 4. The molecule has 1 N–H and O–H groups in total. The van der Waals surface area contributed by atoms with Gasteiger partial charge in [-0.2, -0.15) is 0 Å². The number of aryl methyl sites for hydroxylation is 2. The third-order valence-corrected chi connectivity index (χ3v) is 5.79. The Morgan fingerprint density at radius 2 is 1.18 bits per heavy atom. The van der Waals surface area contributed by atoms with Crippen molar-refractivity contribution in [3.8, 4) is 11.5 Å². The summed E-state index contributed by atoms with van der Waals surface area (Å²) in [6.07, 6.45) is -0.814. The molecule has 38 heavy (non-hydrogen) atoms. The van der Waals surface area contributed by atoms with Crippen molar-refractivity contribution in [1.29, 1.82) is 0 Å². The molecule has 0 heterocycles. The van der Waals surface area contributed by atoms with Crippen molar-refractivity contribution < 1.29 is 28.2 Å². The van der Waals surface area contributed by atoms with Crippen molar-refractivity contribution >= 4 is 5.78 Å². The van der Waals surface area contributed by atoms with Crippen LogP contribution in [0, 0.1) is 25.5 Å². The summed E-state index contributed by atoms with van der Waals surface area (Å²) >= 11 is 0. The highest BCUT2D eigenvalue weighted by molar-refractivity contribution is 5.94. The summed E-state index contributed by atoms with van der Waals surface area (Å²) in [6.45, 7) is 7.68. The van der Waals surface area contributed by atoms with Gasteiger partial charge < -0.3 is 14.6 Å². The summed E-state index contributed by atoms with van der Waals surface area (Å²) in [5.74, 6) is -0.404. The van der Waals surface area contributed by atoms with Crippen LogP contribution in [0.1, 0.15) is 58.1 Å². The van der Waals surface area contributed by atoms with E-state index in [2.05, 4.69) is 0 Å². The second kappa shape index (κ2) is 13.5. The van der Waals surface area contributed by atoms with Gasteiger partial charge in [0.2, 0.25) is 0 Å². The number of benzene rings is 4. The summed E-state index contributed by atoms with van der Waals surface area (Å²) in [6, 6.07) is 24.7. The van der Waals surface area contributed by atoms with Gasteiger partial charge in [0.25, 0.3) is 0 Å². The molecule has 0 saturated heterocycles. The fraction of sp³-hybridized carbons (Fsp3) is 0.219. The number of hydrogen-bond donors (Lipinski definition) is 1. The molecule has 0 fully saturated rings. The van der Waals surface area contributed by atoms with Crippen LogP contribution < -0.4 is 9.47 Å². The molecule has 4 aromatic rings. The molecular weight excluding hydrogens is 486 g/mol. The van der Waals surface area contributed by atoms with Crippen molar-refractivity contribution in [1.82, 2.24) is 0 Å². The molecule has 0 radical (unpaired) electrons. The largest absolute Gasteiger partial charge is 0.489 e. The number of aliphatic hydroxyl groups excluding tert-OH is 1. The Kier molecular flexibility index (Phi) is 10.1. The van der Waals surface area contributed by atoms with Crippen molar-refractivity contribution in [3.05, 3.63) is 130 Å². The van der Waals surface area contributed by atoms with Gasteiger partial charge in [-0.05, 0) is 63.1 Å². The van der Waals surface area contributed by atoms with Crippen LogP contribution in [0.5, 0.6) is 11.5 Å². The molecule has 4 nitrogen and oxygen atoms in total. The fourth-order valence-corrected chi connectivity index (χ4v) is 3.51. The van der Waals surface area contributed by atoms with Gasteiger partial charge >= 0.3 is 0 Å². The van der Waals surface area contributed by atoms with Crippen molar-refractivity contribution in [2.24, 2.45) is 0 Å². The zero-order valence-corrected chi connectivity index (χ0v) is 22.0. The Morgan fingerprint density at radius 3 is 1.58 bits per heavy atom. The highest BCUT2D eigenvalue weighted by Crippen LogP contribution is 2.22. The lowest BCUT2D eigenvalue weighted by atomic mass is 10.1. The number of ketones is 1. The van der Waals surface area contributed by atoms with Crippen molar-refractivity contribution in [2.75, 3.05) is 0 Å². The molecule has 0 aliphatic rings. The monoisotopic (exact) mass is 518 g/mol. The van der Waals surface area contributed by atoms with E-state index in [-0.39, 0.29) is 16.9 Å². The Morgan fingerprint density at radius 1 is 0.737 bits per heavy atom. The summed E-state index contributed by atoms with van der Waals surface area (Å²) in [5.41, 5.74) is 4.79. The Labute approximate surface area is 222 Å². The number of carbonyl (C=O) groups excluding carboxylic acids is 1. The average molecular weight is 519 g/mol. The van der Waals surface area contributed by atoms with Crippen LogP contribution in [0.2, 0.25) is 0 Å². The maximum atomic E-state index is 13.6. The van der Waals surface area contributed by atoms with E-state index in [4.69, 9.17) is 9.47 Å². The van der Waals surface area contributed by atoms with E-state index in [0.717, 1.165) is 11.1 Å². The second-order valence-corrected chi connectivity index (χ2v) is 9.11. The number of Topliss-reactive ketones (excluding diaryl/α,β-unsaturated/α-hetero) is 1. The summed E-state index contributed by atoms with van der Waals surface area (Å²) in [7, 11) is 0. The van der Waals surface area contributed by atoms with Crippen LogP contribution in [-0.4, -0.2) is 10.9 Å². The molecule has 198 valence electrons. The first-order valence-electron chi connectivity index (χ1n) is 12.3. The van der Waals surface area contributed by atoms with E-state index < -0.39 is 17.7 Å². The minimum Gasteiger partial charge on any atom is -0.489 e. The molecule has 0 amide bonds. The molecule has 1 unspecified atom stereocenters. The first-order valence-corrected chi connectivity index (χ1v) is 12.3. The fourth-order valence-electron chi connectivity index (χ4n) is 3.51. The Bertz CT molecular complexity index is 1350. The van der Waals surface area contributed by atoms with Gasteiger partial charge in [0.15, 0.2) is 5.78 Å². The number of aliphatic hydroxyl groups is 1. The molecule has 4 aromatic carbocycles. The van der Waals surface area contributed by atoms with Gasteiger partial charge in [-0.25, -0.2) is 8.78 Å². The summed E-state index contributed by atoms with van der Waals surface area (Å²) in [4.78, 5) is 11.1. The molecule has 0 aliphatic heterocycles. The zero-order chi connectivity index (χ0) is 27.7. The van der Waals surface area contributed by atoms with Crippen LogP contribution in [0.4, 0.5) is 8.78 Å². The lowest BCUT2D eigenvalue weighted by Crippen LogP contribution is -1.99. The van der Waals surface area contributed by atoms with Crippen molar-refractivity contribution in [2.45, 2.75) is 47.0 Å². The number of ether oxygens (including phenoxy) is 2. The Hall–Kier alpha value is -4.03. The third-order valence-electron chi connectivity index (χ3n) is 5.79. The molecule has 1 atom stereocenters. The van der Waals surface area contributed by atoms with E-state index in [0.29, 0.717) is 24.7 Å². The standard InChI is InChI=1S/C16H17FO2.C16H15FO2/c2*1-11-3-5-13(6-4-11)10-19-14-7-8-15(12(2)18)16(17)9-14/h3-9,12,18H,10H2,1-2H3;3-9H,10H2,1-2H3. The van der Waals surface area contributed by atoms with Gasteiger partial charge in [0.05, 0.1) is 11.7 Å². The highest BCUT2D eigenvalue weighted by Gasteiger charge is 2.10.